The molecule has 0 aliphatic carbocycles. The van der Waals surface area contributed by atoms with Crippen molar-refractivity contribution < 1.29 is 9.13 Å². The lowest BCUT2D eigenvalue weighted by atomic mass is 9.88. The van der Waals surface area contributed by atoms with Gasteiger partial charge in [0.15, 0.2) is 0 Å². The minimum atomic E-state index is -0.125. The molecule has 2 unspecified atom stereocenters. The van der Waals surface area contributed by atoms with Gasteiger partial charge in [-0.25, -0.2) is 4.39 Å². The van der Waals surface area contributed by atoms with Crippen LogP contribution in [0.1, 0.15) is 30.0 Å². The molecule has 0 saturated carbocycles. The Hall–Kier alpha value is -0.930. The molecule has 0 amide bonds. The number of nitrogens with one attached hydrogen (secondary N) is 1. The molecule has 0 spiro atoms. The van der Waals surface area contributed by atoms with Gasteiger partial charge in [-0.1, -0.05) is 17.7 Å². The number of halogens is 1. The van der Waals surface area contributed by atoms with Crippen molar-refractivity contribution in [3.8, 4) is 0 Å². The van der Waals surface area contributed by atoms with Crippen LogP contribution >= 0.6 is 0 Å². The molecule has 1 aromatic rings. The predicted octanol–water partition coefficient (Wildman–Crippen LogP) is 2.82. The van der Waals surface area contributed by atoms with Crippen LogP contribution in [0.15, 0.2) is 18.2 Å². The van der Waals surface area contributed by atoms with Crippen LogP contribution in [-0.4, -0.2) is 20.3 Å². The van der Waals surface area contributed by atoms with E-state index in [-0.39, 0.29) is 11.9 Å². The summed E-state index contributed by atoms with van der Waals surface area (Å²) in [6, 6.07) is 5.35. The molecule has 2 atom stereocenters. The van der Waals surface area contributed by atoms with Crippen LogP contribution in [0.3, 0.4) is 0 Å². The number of hydrogen-bond donors (Lipinski definition) is 1. The van der Waals surface area contributed by atoms with Crippen molar-refractivity contribution in [3.05, 3.63) is 35.1 Å². The molecule has 0 aromatic heterocycles. The van der Waals surface area contributed by atoms with Crippen molar-refractivity contribution in [3.63, 3.8) is 0 Å². The Morgan fingerprint density at radius 3 is 2.94 bits per heavy atom. The standard InChI is InChI=1S/C14H20FNO/c1-10-5-6-13(15)12(8-10)14(16-2)11-4-3-7-17-9-11/h5-6,8,11,14,16H,3-4,7,9H2,1-2H3. The summed E-state index contributed by atoms with van der Waals surface area (Å²) in [7, 11) is 1.89. The molecule has 0 radical (unpaired) electrons. The normalized spacial score (nSPS) is 22.4. The molecular weight excluding hydrogens is 217 g/mol. The fourth-order valence-electron chi connectivity index (χ4n) is 2.58. The fraction of sp³-hybridized carbons (Fsp3) is 0.571. The summed E-state index contributed by atoms with van der Waals surface area (Å²) >= 11 is 0. The van der Waals surface area contributed by atoms with E-state index in [1.54, 1.807) is 6.07 Å². The zero-order chi connectivity index (χ0) is 12.3. The first-order chi connectivity index (χ1) is 8.22. The second-order valence-electron chi connectivity index (χ2n) is 4.77. The molecule has 1 aliphatic rings. The van der Waals surface area contributed by atoms with E-state index < -0.39 is 0 Å². The minimum Gasteiger partial charge on any atom is -0.381 e. The van der Waals surface area contributed by atoms with Crippen molar-refractivity contribution in [2.75, 3.05) is 20.3 Å². The Morgan fingerprint density at radius 2 is 2.29 bits per heavy atom. The molecule has 1 aromatic carbocycles. The van der Waals surface area contributed by atoms with Gasteiger partial charge in [-0.3, -0.25) is 0 Å². The van der Waals surface area contributed by atoms with Gasteiger partial charge in [0.2, 0.25) is 0 Å². The van der Waals surface area contributed by atoms with Crippen molar-refractivity contribution in [2.24, 2.45) is 5.92 Å². The van der Waals surface area contributed by atoms with Crippen LogP contribution in [0.25, 0.3) is 0 Å². The molecule has 2 nitrogen and oxygen atoms in total. The maximum Gasteiger partial charge on any atom is 0.128 e. The average molecular weight is 237 g/mol. The van der Waals surface area contributed by atoms with Gasteiger partial charge in [0.25, 0.3) is 0 Å². The lowest BCUT2D eigenvalue weighted by molar-refractivity contribution is 0.0397. The first-order valence-corrected chi connectivity index (χ1v) is 6.23. The van der Waals surface area contributed by atoms with Crippen molar-refractivity contribution in [1.82, 2.24) is 5.32 Å². The second-order valence-corrected chi connectivity index (χ2v) is 4.77. The van der Waals surface area contributed by atoms with Crippen LogP contribution in [-0.2, 0) is 4.74 Å². The molecular formula is C14H20FNO. The highest BCUT2D eigenvalue weighted by atomic mass is 19.1. The Bertz CT molecular complexity index is 374. The van der Waals surface area contributed by atoms with Gasteiger partial charge in [0, 0.05) is 24.1 Å². The quantitative estimate of drug-likeness (QED) is 0.872. The number of hydrogen-bond acceptors (Lipinski definition) is 2. The summed E-state index contributed by atoms with van der Waals surface area (Å²) in [6.45, 7) is 3.55. The molecule has 17 heavy (non-hydrogen) atoms. The number of aryl methyl sites for hydroxylation is 1. The lowest BCUT2D eigenvalue weighted by Gasteiger charge is -2.30. The summed E-state index contributed by atoms with van der Waals surface area (Å²) in [5, 5.41) is 3.24. The maximum absolute atomic E-state index is 13.9. The summed E-state index contributed by atoms with van der Waals surface area (Å²) < 4.78 is 19.4. The number of rotatable bonds is 3. The van der Waals surface area contributed by atoms with Gasteiger partial charge >= 0.3 is 0 Å². The topological polar surface area (TPSA) is 21.3 Å². The van der Waals surface area contributed by atoms with Gasteiger partial charge in [-0.2, -0.15) is 0 Å². The van der Waals surface area contributed by atoms with E-state index >= 15 is 0 Å². The van der Waals surface area contributed by atoms with Gasteiger partial charge < -0.3 is 10.1 Å². The average Bonchev–Trinajstić information content (AvgIpc) is 2.36. The van der Waals surface area contributed by atoms with E-state index in [0.29, 0.717) is 5.92 Å². The molecule has 1 saturated heterocycles. The van der Waals surface area contributed by atoms with Gasteiger partial charge in [0.1, 0.15) is 5.82 Å². The third kappa shape index (κ3) is 2.85. The minimum absolute atomic E-state index is 0.0511. The third-order valence-corrected chi connectivity index (χ3v) is 3.46. The Kier molecular flexibility index (Phi) is 4.13. The van der Waals surface area contributed by atoms with Crippen molar-refractivity contribution in [2.45, 2.75) is 25.8 Å². The third-order valence-electron chi connectivity index (χ3n) is 3.46. The van der Waals surface area contributed by atoms with Gasteiger partial charge in [-0.15, -0.1) is 0 Å². The first-order valence-electron chi connectivity index (χ1n) is 6.23. The highest BCUT2D eigenvalue weighted by Crippen LogP contribution is 2.30. The molecule has 2 rings (SSSR count). The molecule has 1 N–H and O–H groups in total. The van der Waals surface area contributed by atoms with E-state index in [2.05, 4.69) is 5.32 Å². The van der Waals surface area contributed by atoms with E-state index in [1.165, 1.54) is 0 Å². The fourth-order valence-corrected chi connectivity index (χ4v) is 2.58. The smallest absolute Gasteiger partial charge is 0.128 e. The highest BCUT2D eigenvalue weighted by molar-refractivity contribution is 5.27. The Balaban J connectivity index is 2.24. The Morgan fingerprint density at radius 1 is 1.47 bits per heavy atom. The lowest BCUT2D eigenvalue weighted by Crippen LogP contribution is -2.32. The van der Waals surface area contributed by atoms with Crippen molar-refractivity contribution in [1.29, 1.82) is 0 Å². The molecule has 1 fully saturated rings. The van der Waals surface area contributed by atoms with Crippen LogP contribution in [0.4, 0.5) is 4.39 Å². The largest absolute Gasteiger partial charge is 0.381 e. The highest BCUT2D eigenvalue weighted by Gasteiger charge is 2.26. The van der Waals surface area contributed by atoms with E-state index in [0.717, 1.165) is 37.2 Å². The van der Waals surface area contributed by atoms with Crippen LogP contribution in [0.5, 0.6) is 0 Å². The summed E-state index contributed by atoms with van der Waals surface area (Å²) in [4.78, 5) is 0. The molecule has 94 valence electrons. The SMILES string of the molecule is CNC(c1cc(C)ccc1F)C1CCCOC1. The van der Waals surface area contributed by atoms with Crippen LogP contribution in [0.2, 0.25) is 0 Å². The van der Waals surface area contributed by atoms with E-state index in [1.807, 2.05) is 26.1 Å². The summed E-state index contributed by atoms with van der Waals surface area (Å²) in [5.41, 5.74) is 1.86. The second kappa shape index (κ2) is 5.61. The Labute approximate surface area is 102 Å². The van der Waals surface area contributed by atoms with Crippen molar-refractivity contribution >= 4 is 0 Å². The van der Waals surface area contributed by atoms with Crippen LogP contribution < -0.4 is 5.32 Å². The van der Waals surface area contributed by atoms with E-state index in [9.17, 15) is 4.39 Å². The van der Waals surface area contributed by atoms with Gasteiger partial charge in [0.05, 0.1) is 6.61 Å². The predicted molar refractivity (Wildman–Crippen MR) is 66.5 cm³/mol. The zero-order valence-electron chi connectivity index (χ0n) is 10.5. The number of ether oxygens (including phenoxy) is 1. The molecule has 3 heteroatoms. The molecule has 1 heterocycles. The maximum atomic E-state index is 13.9. The first kappa shape index (κ1) is 12.5. The molecule has 1 aliphatic heterocycles. The summed E-state index contributed by atoms with van der Waals surface area (Å²) in [6.07, 6.45) is 2.16. The van der Waals surface area contributed by atoms with E-state index in [4.69, 9.17) is 4.74 Å². The zero-order valence-corrected chi connectivity index (χ0v) is 10.5. The van der Waals surface area contributed by atoms with Gasteiger partial charge in [-0.05, 0) is 32.9 Å². The monoisotopic (exact) mass is 237 g/mol. The number of benzene rings is 1. The molecule has 0 bridgehead atoms. The summed E-state index contributed by atoms with van der Waals surface area (Å²) in [5.74, 6) is 0.241. The van der Waals surface area contributed by atoms with Crippen LogP contribution in [0, 0.1) is 18.7 Å².